The fourth-order valence-corrected chi connectivity index (χ4v) is 1.86. The van der Waals surface area contributed by atoms with Crippen molar-refractivity contribution in [3.8, 4) is 0 Å². The summed E-state index contributed by atoms with van der Waals surface area (Å²) in [6.45, 7) is 2.27. The monoisotopic (exact) mass is 185 g/mol. The van der Waals surface area contributed by atoms with Crippen molar-refractivity contribution in [2.45, 2.75) is 45.1 Å². The Morgan fingerprint density at radius 2 is 2.08 bits per heavy atom. The standard InChI is InChI=1S/C9H19N3O/c1-7-3-2-4-8(6-5-7)11-9(13)12-10/h7-8H,2-6,10H2,1H3,(H2,11,12,13). The van der Waals surface area contributed by atoms with Crippen LogP contribution in [-0.2, 0) is 0 Å². The summed E-state index contributed by atoms with van der Waals surface area (Å²) in [6, 6.07) is 0.0491. The lowest BCUT2D eigenvalue weighted by atomic mass is 10.0. The summed E-state index contributed by atoms with van der Waals surface area (Å²) in [4.78, 5) is 10.9. The molecular weight excluding hydrogens is 166 g/mol. The zero-order valence-corrected chi connectivity index (χ0v) is 8.18. The highest BCUT2D eigenvalue weighted by Crippen LogP contribution is 2.22. The van der Waals surface area contributed by atoms with E-state index in [1.54, 1.807) is 0 Å². The van der Waals surface area contributed by atoms with Gasteiger partial charge in [0.25, 0.3) is 0 Å². The van der Waals surface area contributed by atoms with Gasteiger partial charge in [-0.05, 0) is 25.2 Å². The molecule has 13 heavy (non-hydrogen) atoms. The number of amides is 2. The molecular formula is C9H19N3O. The molecule has 2 atom stereocenters. The second kappa shape index (κ2) is 5.07. The van der Waals surface area contributed by atoms with E-state index >= 15 is 0 Å². The normalized spacial score (nSPS) is 29.1. The first-order valence-corrected chi connectivity index (χ1v) is 4.99. The summed E-state index contributed by atoms with van der Waals surface area (Å²) in [5.41, 5.74) is 2.09. The molecule has 4 nitrogen and oxygen atoms in total. The quantitative estimate of drug-likeness (QED) is 0.248. The minimum Gasteiger partial charge on any atom is -0.334 e. The molecule has 0 radical (unpaired) electrons. The van der Waals surface area contributed by atoms with Crippen LogP contribution in [0.5, 0.6) is 0 Å². The van der Waals surface area contributed by atoms with Gasteiger partial charge in [-0.3, -0.25) is 5.43 Å². The van der Waals surface area contributed by atoms with Crippen molar-refractivity contribution in [1.29, 1.82) is 0 Å². The highest BCUT2D eigenvalue weighted by molar-refractivity contribution is 5.73. The summed E-state index contributed by atoms with van der Waals surface area (Å²) in [6.07, 6.45) is 5.85. The molecule has 1 aliphatic rings. The largest absolute Gasteiger partial charge is 0.334 e. The van der Waals surface area contributed by atoms with Gasteiger partial charge in [0.2, 0.25) is 0 Å². The van der Waals surface area contributed by atoms with E-state index in [2.05, 4.69) is 17.7 Å². The van der Waals surface area contributed by atoms with Crippen LogP contribution < -0.4 is 16.6 Å². The Bertz CT molecular complexity index is 172. The molecule has 2 amide bonds. The maximum absolute atomic E-state index is 10.9. The fourth-order valence-electron chi connectivity index (χ4n) is 1.86. The lowest BCUT2D eigenvalue weighted by Gasteiger charge is -2.15. The first kappa shape index (κ1) is 10.3. The molecule has 2 unspecified atom stereocenters. The Morgan fingerprint density at radius 1 is 1.31 bits per heavy atom. The molecule has 1 rings (SSSR count). The zero-order valence-electron chi connectivity index (χ0n) is 8.18. The van der Waals surface area contributed by atoms with E-state index in [-0.39, 0.29) is 6.03 Å². The third-order valence-corrected chi connectivity index (χ3v) is 2.72. The van der Waals surface area contributed by atoms with Crippen LogP contribution in [0.15, 0.2) is 0 Å². The number of hydrazine groups is 1. The summed E-state index contributed by atoms with van der Waals surface area (Å²) in [7, 11) is 0. The molecule has 0 heterocycles. The van der Waals surface area contributed by atoms with E-state index in [4.69, 9.17) is 5.84 Å². The Morgan fingerprint density at radius 3 is 2.77 bits per heavy atom. The van der Waals surface area contributed by atoms with E-state index in [0.29, 0.717) is 6.04 Å². The number of hydrogen-bond acceptors (Lipinski definition) is 2. The van der Waals surface area contributed by atoms with Crippen molar-refractivity contribution in [1.82, 2.24) is 10.7 Å². The lowest BCUT2D eigenvalue weighted by molar-refractivity contribution is 0.235. The van der Waals surface area contributed by atoms with E-state index in [0.717, 1.165) is 18.8 Å². The molecule has 4 N–H and O–H groups in total. The van der Waals surface area contributed by atoms with Crippen LogP contribution in [0, 0.1) is 5.92 Å². The number of urea groups is 1. The number of carbonyl (C=O) groups is 1. The van der Waals surface area contributed by atoms with Crippen molar-refractivity contribution in [2.24, 2.45) is 11.8 Å². The topological polar surface area (TPSA) is 67.2 Å². The number of carbonyl (C=O) groups excluding carboxylic acids is 1. The molecule has 4 heteroatoms. The minimum absolute atomic E-state index is 0.264. The number of hydrogen-bond donors (Lipinski definition) is 3. The predicted molar refractivity (Wildman–Crippen MR) is 51.9 cm³/mol. The summed E-state index contributed by atoms with van der Waals surface area (Å²) < 4.78 is 0. The van der Waals surface area contributed by atoms with Gasteiger partial charge in [-0.1, -0.05) is 19.8 Å². The minimum atomic E-state index is -0.264. The summed E-state index contributed by atoms with van der Waals surface area (Å²) in [5, 5.41) is 2.85. The molecule has 76 valence electrons. The third kappa shape index (κ3) is 3.63. The van der Waals surface area contributed by atoms with Crippen molar-refractivity contribution in [3.63, 3.8) is 0 Å². The number of nitrogens with one attached hydrogen (secondary N) is 2. The van der Waals surface area contributed by atoms with Gasteiger partial charge in [0.15, 0.2) is 0 Å². The van der Waals surface area contributed by atoms with Crippen LogP contribution in [0.4, 0.5) is 4.79 Å². The first-order valence-electron chi connectivity index (χ1n) is 4.99. The van der Waals surface area contributed by atoms with Crippen LogP contribution in [0.2, 0.25) is 0 Å². The van der Waals surface area contributed by atoms with Gasteiger partial charge in [-0.15, -0.1) is 0 Å². The second-order valence-corrected chi connectivity index (χ2v) is 3.93. The Balaban J connectivity index is 2.29. The van der Waals surface area contributed by atoms with Gasteiger partial charge >= 0.3 is 6.03 Å². The fraction of sp³-hybridized carbons (Fsp3) is 0.889. The average molecular weight is 185 g/mol. The second-order valence-electron chi connectivity index (χ2n) is 3.93. The van der Waals surface area contributed by atoms with Crippen LogP contribution in [-0.4, -0.2) is 12.1 Å². The van der Waals surface area contributed by atoms with Crippen LogP contribution >= 0.6 is 0 Å². The van der Waals surface area contributed by atoms with Crippen LogP contribution in [0.1, 0.15) is 39.0 Å². The predicted octanol–water partition coefficient (Wildman–Crippen LogP) is 1.13. The zero-order chi connectivity index (χ0) is 9.68. The summed E-state index contributed by atoms with van der Waals surface area (Å²) >= 11 is 0. The van der Waals surface area contributed by atoms with Gasteiger partial charge in [0.05, 0.1) is 0 Å². The van der Waals surface area contributed by atoms with Crippen molar-refractivity contribution >= 4 is 6.03 Å². The van der Waals surface area contributed by atoms with Gasteiger partial charge in [0.1, 0.15) is 0 Å². The summed E-state index contributed by atoms with van der Waals surface area (Å²) in [5.74, 6) is 5.79. The molecule has 0 aromatic heterocycles. The molecule has 0 aromatic rings. The van der Waals surface area contributed by atoms with E-state index < -0.39 is 0 Å². The van der Waals surface area contributed by atoms with E-state index in [1.807, 2.05) is 0 Å². The van der Waals surface area contributed by atoms with E-state index in [9.17, 15) is 4.79 Å². The van der Waals surface area contributed by atoms with E-state index in [1.165, 1.54) is 19.3 Å². The molecule has 1 fully saturated rings. The Labute approximate surface area is 79.2 Å². The molecule has 0 aliphatic heterocycles. The number of rotatable bonds is 1. The highest BCUT2D eigenvalue weighted by Gasteiger charge is 2.17. The number of nitrogens with two attached hydrogens (primary N) is 1. The maximum Gasteiger partial charge on any atom is 0.329 e. The third-order valence-electron chi connectivity index (χ3n) is 2.72. The van der Waals surface area contributed by atoms with Crippen molar-refractivity contribution < 1.29 is 4.79 Å². The Kier molecular flexibility index (Phi) is 4.02. The van der Waals surface area contributed by atoms with Gasteiger partial charge in [-0.25, -0.2) is 10.6 Å². The molecule has 0 spiro atoms. The lowest BCUT2D eigenvalue weighted by Crippen LogP contribution is -2.44. The average Bonchev–Trinajstić information content (AvgIpc) is 2.31. The smallest absolute Gasteiger partial charge is 0.329 e. The molecule has 1 saturated carbocycles. The van der Waals surface area contributed by atoms with Gasteiger partial charge in [0, 0.05) is 6.04 Å². The Hall–Kier alpha value is -0.770. The first-order chi connectivity index (χ1) is 6.22. The maximum atomic E-state index is 10.9. The van der Waals surface area contributed by atoms with Crippen LogP contribution in [0.3, 0.4) is 0 Å². The molecule has 0 saturated heterocycles. The van der Waals surface area contributed by atoms with Gasteiger partial charge < -0.3 is 5.32 Å². The molecule has 0 aromatic carbocycles. The SMILES string of the molecule is CC1CCCC(NC(=O)NN)CC1. The van der Waals surface area contributed by atoms with Crippen molar-refractivity contribution in [2.75, 3.05) is 0 Å². The van der Waals surface area contributed by atoms with Crippen molar-refractivity contribution in [3.05, 3.63) is 0 Å². The molecule has 1 aliphatic carbocycles. The highest BCUT2D eigenvalue weighted by atomic mass is 16.2. The van der Waals surface area contributed by atoms with Crippen LogP contribution in [0.25, 0.3) is 0 Å². The molecule has 0 bridgehead atoms. The van der Waals surface area contributed by atoms with Gasteiger partial charge in [-0.2, -0.15) is 0 Å².